The lowest BCUT2D eigenvalue weighted by atomic mass is 10.2. The van der Waals surface area contributed by atoms with Gasteiger partial charge in [0.15, 0.2) is 11.5 Å². The normalized spacial score (nSPS) is 10.5. The molecule has 0 bridgehead atoms. The highest BCUT2D eigenvalue weighted by atomic mass is 35.5. The van der Waals surface area contributed by atoms with E-state index in [2.05, 4.69) is 10.5 Å². The van der Waals surface area contributed by atoms with Gasteiger partial charge in [0.25, 0.3) is 11.6 Å². The van der Waals surface area contributed by atoms with Crippen LogP contribution in [0.5, 0.6) is 11.5 Å². The molecule has 1 amide bonds. The number of hydrazone groups is 1. The van der Waals surface area contributed by atoms with Crippen LogP contribution in [0.25, 0.3) is 0 Å². The molecule has 0 fully saturated rings. The molecular weight excluding hydrogens is 350 g/mol. The molecule has 0 saturated heterocycles. The molecule has 0 atom stereocenters. The van der Waals surface area contributed by atoms with Crippen LogP contribution in [0, 0.1) is 10.1 Å². The van der Waals surface area contributed by atoms with Crippen molar-refractivity contribution in [3.05, 3.63) is 62.7 Å². The van der Waals surface area contributed by atoms with Crippen molar-refractivity contribution in [1.29, 1.82) is 0 Å². The van der Waals surface area contributed by atoms with Crippen LogP contribution in [0.2, 0.25) is 5.02 Å². The highest BCUT2D eigenvalue weighted by Gasteiger charge is 2.12. The van der Waals surface area contributed by atoms with Gasteiger partial charge in [-0.1, -0.05) is 17.7 Å². The summed E-state index contributed by atoms with van der Waals surface area (Å²) in [5.41, 5.74) is 2.83. The van der Waals surface area contributed by atoms with E-state index in [1.165, 1.54) is 38.6 Å². The van der Waals surface area contributed by atoms with E-state index < -0.39 is 10.8 Å². The Morgan fingerprint density at radius 2 is 1.92 bits per heavy atom. The van der Waals surface area contributed by atoms with Gasteiger partial charge >= 0.3 is 0 Å². The predicted molar refractivity (Wildman–Crippen MR) is 92.7 cm³/mol. The molecule has 0 aliphatic heterocycles. The molecule has 0 unspecified atom stereocenters. The number of carbonyl (C=O) groups is 1. The van der Waals surface area contributed by atoms with Gasteiger partial charge in [0.2, 0.25) is 0 Å². The fourth-order valence-electron chi connectivity index (χ4n) is 1.96. The number of ether oxygens (including phenoxy) is 2. The highest BCUT2D eigenvalue weighted by molar-refractivity contribution is 6.32. The number of carbonyl (C=O) groups excluding carboxylic acids is 1. The van der Waals surface area contributed by atoms with Crippen molar-refractivity contribution in [2.45, 2.75) is 0 Å². The summed E-state index contributed by atoms with van der Waals surface area (Å²) in [5, 5.41) is 14.6. The summed E-state index contributed by atoms with van der Waals surface area (Å²) < 4.78 is 10.2. The Hall–Kier alpha value is -3.13. The number of methoxy groups -OCH3 is 2. The minimum atomic E-state index is -0.595. The van der Waals surface area contributed by atoms with Crippen molar-refractivity contribution in [1.82, 2.24) is 5.43 Å². The smallest absolute Gasteiger partial charge is 0.288 e. The second-order valence-corrected chi connectivity index (χ2v) is 5.14. The second kappa shape index (κ2) is 8.11. The SMILES string of the molecule is COc1ccc(C(=O)N/N=C\c2ccc(Cl)c([N+](=O)[O-])c2)cc1OC. The molecule has 0 aliphatic rings. The van der Waals surface area contributed by atoms with Gasteiger partial charge in [-0.2, -0.15) is 5.10 Å². The second-order valence-electron chi connectivity index (χ2n) is 4.74. The van der Waals surface area contributed by atoms with Crippen molar-refractivity contribution in [3.8, 4) is 11.5 Å². The van der Waals surface area contributed by atoms with E-state index in [1.54, 1.807) is 18.2 Å². The molecule has 2 rings (SSSR count). The number of rotatable bonds is 6. The fourth-order valence-corrected chi connectivity index (χ4v) is 2.14. The van der Waals surface area contributed by atoms with Crippen LogP contribution in [0.1, 0.15) is 15.9 Å². The maximum Gasteiger partial charge on any atom is 0.288 e. The van der Waals surface area contributed by atoms with E-state index in [0.29, 0.717) is 22.6 Å². The zero-order chi connectivity index (χ0) is 18.4. The monoisotopic (exact) mass is 363 g/mol. The first-order valence-electron chi connectivity index (χ1n) is 6.95. The Labute approximate surface area is 148 Å². The first-order valence-corrected chi connectivity index (χ1v) is 7.33. The van der Waals surface area contributed by atoms with Crippen LogP contribution in [0.15, 0.2) is 41.5 Å². The summed E-state index contributed by atoms with van der Waals surface area (Å²) in [6.45, 7) is 0. The Balaban J connectivity index is 2.10. The van der Waals surface area contributed by atoms with Gasteiger partial charge < -0.3 is 9.47 Å². The molecule has 0 saturated carbocycles. The number of hydrogen-bond acceptors (Lipinski definition) is 6. The fraction of sp³-hybridized carbons (Fsp3) is 0.125. The van der Waals surface area contributed by atoms with Crippen molar-refractivity contribution in [2.24, 2.45) is 5.10 Å². The summed E-state index contributed by atoms with van der Waals surface area (Å²) in [4.78, 5) is 22.3. The van der Waals surface area contributed by atoms with Crippen LogP contribution in [0.4, 0.5) is 5.69 Å². The van der Waals surface area contributed by atoms with E-state index in [-0.39, 0.29) is 10.7 Å². The third-order valence-electron chi connectivity index (χ3n) is 3.19. The molecule has 8 nitrogen and oxygen atoms in total. The standard InChI is InChI=1S/C16H14ClN3O5/c1-24-14-6-4-11(8-15(14)25-2)16(21)19-18-9-10-3-5-12(17)13(7-10)20(22)23/h3-9H,1-2H3,(H,19,21)/b18-9-. The Bertz CT molecular complexity index is 839. The lowest BCUT2D eigenvalue weighted by Crippen LogP contribution is -2.17. The van der Waals surface area contributed by atoms with E-state index in [1.807, 2.05) is 0 Å². The quantitative estimate of drug-likeness (QED) is 0.482. The first kappa shape index (κ1) is 18.2. The maximum absolute atomic E-state index is 12.1. The first-order chi connectivity index (χ1) is 12.0. The van der Waals surface area contributed by atoms with Crippen LogP contribution in [-0.4, -0.2) is 31.3 Å². The highest BCUT2D eigenvalue weighted by Crippen LogP contribution is 2.27. The van der Waals surface area contributed by atoms with Crippen LogP contribution >= 0.6 is 11.6 Å². The Kier molecular flexibility index (Phi) is 5.91. The molecular formula is C16H14ClN3O5. The summed E-state index contributed by atoms with van der Waals surface area (Å²) in [6, 6.07) is 8.85. The zero-order valence-corrected chi connectivity index (χ0v) is 14.1. The van der Waals surface area contributed by atoms with Crippen LogP contribution in [0.3, 0.4) is 0 Å². The van der Waals surface area contributed by atoms with Gasteiger partial charge in [0.05, 0.1) is 25.4 Å². The largest absolute Gasteiger partial charge is 0.493 e. The molecule has 25 heavy (non-hydrogen) atoms. The molecule has 0 heterocycles. The molecule has 0 aliphatic carbocycles. The molecule has 9 heteroatoms. The van der Waals surface area contributed by atoms with Crippen LogP contribution < -0.4 is 14.9 Å². The van der Waals surface area contributed by atoms with Crippen molar-refractivity contribution < 1.29 is 19.2 Å². The molecule has 0 radical (unpaired) electrons. The third-order valence-corrected chi connectivity index (χ3v) is 3.51. The molecule has 0 aromatic heterocycles. The number of amides is 1. The van der Waals surface area contributed by atoms with Crippen molar-refractivity contribution >= 4 is 29.4 Å². The molecule has 0 spiro atoms. The Morgan fingerprint density at radius 3 is 2.56 bits per heavy atom. The number of nitrogens with one attached hydrogen (secondary N) is 1. The minimum Gasteiger partial charge on any atom is -0.493 e. The van der Waals surface area contributed by atoms with Gasteiger partial charge in [-0.05, 0) is 24.3 Å². The van der Waals surface area contributed by atoms with Crippen molar-refractivity contribution in [3.63, 3.8) is 0 Å². The number of nitrogens with zero attached hydrogens (tertiary/aromatic N) is 2. The topological polar surface area (TPSA) is 103 Å². The van der Waals surface area contributed by atoms with Crippen LogP contribution in [-0.2, 0) is 0 Å². The molecule has 2 aromatic rings. The van der Waals surface area contributed by atoms with E-state index in [4.69, 9.17) is 21.1 Å². The van der Waals surface area contributed by atoms with Gasteiger partial charge in [0.1, 0.15) is 5.02 Å². The lowest BCUT2D eigenvalue weighted by Gasteiger charge is -2.08. The molecule has 130 valence electrons. The van der Waals surface area contributed by atoms with E-state index >= 15 is 0 Å². The van der Waals surface area contributed by atoms with Gasteiger partial charge in [-0.15, -0.1) is 0 Å². The van der Waals surface area contributed by atoms with Gasteiger partial charge in [-0.25, -0.2) is 5.43 Å². The Morgan fingerprint density at radius 1 is 1.20 bits per heavy atom. The van der Waals surface area contributed by atoms with Crippen molar-refractivity contribution in [2.75, 3.05) is 14.2 Å². The third kappa shape index (κ3) is 4.45. The average Bonchev–Trinajstić information content (AvgIpc) is 2.62. The number of benzene rings is 2. The zero-order valence-electron chi connectivity index (χ0n) is 13.4. The van der Waals surface area contributed by atoms with E-state index in [0.717, 1.165) is 0 Å². The maximum atomic E-state index is 12.1. The average molecular weight is 364 g/mol. The number of nitro benzene ring substituents is 1. The number of hydrogen-bond donors (Lipinski definition) is 1. The van der Waals surface area contributed by atoms with Gasteiger partial charge in [-0.3, -0.25) is 14.9 Å². The predicted octanol–water partition coefficient (Wildman–Crippen LogP) is 3.03. The lowest BCUT2D eigenvalue weighted by molar-refractivity contribution is -0.384. The summed E-state index contributed by atoms with van der Waals surface area (Å²) >= 11 is 5.73. The van der Waals surface area contributed by atoms with Gasteiger partial charge in [0, 0.05) is 17.2 Å². The number of halogens is 1. The molecule has 2 aromatic carbocycles. The molecule has 1 N–H and O–H groups in total. The summed E-state index contributed by atoms with van der Waals surface area (Å²) in [6.07, 6.45) is 1.28. The van der Waals surface area contributed by atoms with E-state index in [9.17, 15) is 14.9 Å². The number of nitro groups is 1. The summed E-state index contributed by atoms with van der Waals surface area (Å²) in [7, 11) is 2.96. The summed E-state index contributed by atoms with van der Waals surface area (Å²) in [5.74, 6) is 0.434. The minimum absolute atomic E-state index is 0.0245.